The normalized spacial score (nSPS) is 12.8. The Morgan fingerprint density at radius 3 is 2.16 bits per heavy atom. The molecule has 0 fully saturated rings. The van der Waals surface area contributed by atoms with Crippen molar-refractivity contribution in [1.29, 1.82) is 0 Å². The molecule has 0 spiro atoms. The standard InChI is InChI=1S/C14H19NO4/c1-14(2,13(18)19)9-11(12(16)17)15(3)10-7-5-4-6-8-10/h4-8,11H,9H2,1-3H3,(H,16,17)(H,18,19). The van der Waals surface area contributed by atoms with E-state index in [-0.39, 0.29) is 6.42 Å². The number of hydrogen-bond donors (Lipinski definition) is 2. The van der Waals surface area contributed by atoms with Gasteiger partial charge in [0.25, 0.3) is 0 Å². The first kappa shape index (κ1) is 15.0. The minimum atomic E-state index is -1.09. The van der Waals surface area contributed by atoms with Crippen molar-refractivity contribution in [3.8, 4) is 0 Å². The van der Waals surface area contributed by atoms with Crippen LogP contribution in [0.2, 0.25) is 0 Å². The Morgan fingerprint density at radius 1 is 1.21 bits per heavy atom. The van der Waals surface area contributed by atoms with E-state index in [0.29, 0.717) is 0 Å². The minimum Gasteiger partial charge on any atom is -0.481 e. The van der Waals surface area contributed by atoms with Crippen LogP contribution in [0.3, 0.4) is 0 Å². The molecule has 104 valence electrons. The largest absolute Gasteiger partial charge is 0.481 e. The van der Waals surface area contributed by atoms with Crippen LogP contribution < -0.4 is 4.90 Å². The van der Waals surface area contributed by atoms with E-state index in [4.69, 9.17) is 5.11 Å². The van der Waals surface area contributed by atoms with E-state index >= 15 is 0 Å². The summed E-state index contributed by atoms with van der Waals surface area (Å²) < 4.78 is 0. The summed E-state index contributed by atoms with van der Waals surface area (Å²) in [5, 5.41) is 18.4. The maximum absolute atomic E-state index is 11.4. The van der Waals surface area contributed by atoms with Crippen LogP contribution in [0.1, 0.15) is 20.3 Å². The van der Waals surface area contributed by atoms with Gasteiger partial charge in [0, 0.05) is 12.7 Å². The number of benzene rings is 1. The lowest BCUT2D eigenvalue weighted by molar-refractivity contribution is -0.148. The van der Waals surface area contributed by atoms with Crippen LogP contribution in [0.5, 0.6) is 0 Å². The first-order valence-electron chi connectivity index (χ1n) is 6.00. The van der Waals surface area contributed by atoms with Gasteiger partial charge in [-0.15, -0.1) is 0 Å². The maximum atomic E-state index is 11.4. The van der Waals surface area contributed by atoms with Gasteiger partial charge in [0.05, 0.1) is 5.41 Å². The molecule has 0 aromatic heterocycles. The molecule has 19 heavy (non-hydrogen) atoms. The number of likely N-dealkylation sites (N-methyl/N-ethyl adjacent to an activating group) is 1. The molecule has 2 N–H and O–H groups in total. The average molecular weight is 265 g/mol. The van der Waals surface area contributed by atoms with E-state index in [0.717, 1.165) is 5.69 Å². The zero-order valence-corrected chi connectivity index (χ0v) is 11.3. The first-order chi connectivity index (χ1) is 8.75. The van der Waals surface area contributed by atoms with E-state index in [1.165, 1.54) is 13.8 Å². The molecule has 0 bridgehead atoms. The molecule has 0 aliphatic heterocycles. The fraction of sp³-hybridized carbons (Fsp3) is 0.429. The van der Waals surface area contributed by atoms with Crippen LogP contribution >= 0.6 is 0 Å². The molecule has 0 saturated heterocycles. The molecule has 5 heteroatoms. The van der Waals surface area contributed by atoms with Crippen molar-refractivity contribution >= 4 is 17.6 Å². The summed E-state index contributed by atoms with van der Waals surface area (Å²) in [4.78, 5) is 24.1. The second-order valence-electron chi connectivity index (χ2n) is 5.19. The molecule has 5 nitrogen and oxygen atoms in total. The number of rotatable bonds is 6. The predicted octanol–water partition coefficient (Wildman–Crippen LogP) is 2.08. The number of aliphatic carboxylic acids is 2. The van der Waals surface area contributed by atoms with E-state index in [1.54, 1.807) is 24.1 Å². The van der Waals surface area contributed by atoms with E-state index < -0.39 is 23.4 Å². The highest BCUT2D eigenvalue weighted by Gasteiger charge is 2.35. The van der Waals surface area contributed by atoms with Crippen molar-refractivity contribution < 1.29 is 19.8 Å². The SMILES string of the molecule is CN(c1ccccc1)C(CC(C)(C)C(=O)O)C(=O)O. The van der Waals surface area contributed by atoms with Crippen LogP contribution in [-0.2, 0) is 9.59 Å². The number of hydrogen-bond acceptors (Lipinski definition) is 3. The third-order valence-electron chi connectivity index (χ3n) is 3.20. The minimum absolute atomic E-state index is 0.0308. The van der Waals surface area contributed by atoms with Gasteiger partial charge in [-0.2, -0.15) is 0 Å². The number of nitrogens with zero attached hydrogens (tertiary/aromatic N) is 1. The monoisotopic (exact) mass is 265 g/mol. The van der Waals surface area contributed by atoms with Crippen LogP contribution in [0, 0.1) is 5.41 Å². The number of carbonyl (C=O) groups is 2. The van der Waals surface area contributed by atoms with Gasteiger partial charge >= 0.3 is 11.9 Å². The van der Waals surface area contributed by atoms with Gasteiger partial charge in [-0.3, -0.25) is 4.79 Å². The summed E-state index contributed by atoms with van der Waals surface area (Å²) >= 11 is 0. The lowest BCUT2D eigenvalue weighted by Gasteiger charge is -2.31. The number of anilines is 1. The van der Waals surface area contributed by atoms with Crippen molar-refractivity contribution in [1.82, 2.24) is 0 Å². The third-order valence-corrected chi connectivity index (χ3v) is 3.20. The molecule has 0 amide bonds. The zero-order chi connectivity index (χ0) is 14.6. The quantitative estimate of drug-likeness (QED) is 0.823. The average Bonchev–Trinajstić information content (AvgIpc) is 2.35. The van der Waals surface area contributed by atoms with Crippen molar-refractivity contribution in [2.24, 2.45) is 5.41 Å². The molecule has 0 radical (unpaired) electrons. The topological polar surface area (TPSA) is 77.8 Å². The van der Waals surface area contributed by atoms with Crippen LogP contribution in [0.25, 0.3) is 0 Å². The molecule has 1 aromatic carbocycles. The number of para-hydroxylation sites is 1. The molecular formula is C14H19NO4. The molecule has 0 aliphatic carbocycles. The summed E-state index contributed by atoms with van der Waals surface area (Å²) in [5.41, 5.74) is -0.345. The smallest absolute Gasteiger partial charge is 0.326 e. The van der Waals surface area contributed by atoms with Crippen molar-refractivity contribution in [2.45, 2.75) is 26.3 Å². The van der Waals surface area contributed by atoms with Gasteiger partial charge in [-0.05, 0) is 32.4 Å². The van der Waals surface area contributed by atoms with Gasteiger partial charge in [0.1, 0.15) is 6.04 Å². The second-order valence-corrected chi connectivity index (χ2v) is 5.19. The molecular weight excluding hydrogens is 246 g/mol. The molecule has 1 rings (SSSR count). The molecule has 0 aliphatic rings. The van der Waals surface area contributed by atoms with E-state index in [2.05, 4.69) is 0 Å². The van der Waals surface area contributed by atoms with Gasteiger partial charge < -0.3 is 15.1 Å². The Labute approximate surface area is 112 Å². The zero-order valence-electron chi connectivity index (χ0n) is 11.3. The Bertz CT molecular complexity index is 456. The van der Waals surface area contributed by atoms with Crippen LogP contribution in [-0.4, -0.2) is 35.2 Å². The van der Waals surface area contributed by atoms with Crippen LogP contribution in [0.4, 0.5) is 5.69 Å². The first-order valence-corrected chi connectivity index (χ1v) is 6.00. The highest BCUT2D eigenvalue weighted by Crippen LogP contribution is 2.27. The lowest BCUT2D eigenvalue weighted by Crippen LogP contribution is -2.43. The van der Waals surface area contributed by atoms with Gasteiger partial charge in [-0.1, -0.05) is 18.2 Å². The molecule has 0 saturated carbocycles. The predicted molar refractivity (Wildman–Crippen MR) is 72.3 cm³/mol. The Morgan fingerprint density at radius 2 is 1.74 bits per heavy atom. The fourth-order valence-electron chi connectivity index (χ4n) is 1.80. The Balaban J connectivity index is 2.96. The van der Waals surface area contributed by atoms with Gasteiger partial charge in [-0.25, -0.2) is 4.79 Å². The number of carboxylic acid groups (broad SMARTS) is 2. The van der Waals surface area contributed by atoms with Crippen molar-refractivity contribution in [3.05, 3.63) is 30.3 Å². The summed E-state index contributed by atoms with van der Waals surface area (Å²) in [5.74, 6) is -2.03. The summed E-state index contributed by atoms with van der Waals surface area (Å²) in [6, 6.07) is 8.18. The van der Waals surface area contributed by atoms with Crippen molar-refractivity contribution in [2.75, 3.05) is 11.9 Å². The van der Waals surface area contributed by atoms with Gasteiger partial charge in [0.15, 0.2) is 0 Å². The van der Waals surface area contributed by atoms with Crippen molar-refractivity contribution in [3.63, 3.8) is 0 Å². The summed E-state index contributed by atoms with van der Waals surface area (Å²) in [7, 11) is 1.66. The highest BCUT2D eigenvalue weighted by atomic mass is 16.4. The molecule has 1 aromatic rings. The van der Waals surface area contributed by atoms with Crippen LogP contribution in [0.15, 0.2) is 30.3 Å². The van der Waals surface area contributed by atoms with E-state index in [1.807, 2.05) is 18.2 Å². The molecule has 1 unspecified atom stereocenters. The van der Waals surface area contributed by atoms with Gasteiger partial charge in [0.2, 0.25) is 0 Å². The highest BCUT2D eigenvalue weighted by molar-refractivity contribution is 5.80. The molecule has 1 atom stereocenters. The lowest BCUT2D eigenvalue weighted by atomic mass is 9.85. The second kappa shape index (κ2) is 5.73. The fourth-order valence-corrected chi connectivity index (χ4v) is 1.80. The summed E-state index contributed by atoms with van der Waals surface area (Å²) in [6.45, 7) is 3.06. The molecule has 0 heterocycles. The Hall–Kier alpha value is -2.04. The Kier molecular flexibility index (Phi) is 4.53. The number of carboxylic acids is 2. The third kappa shape index (κ3) is 3.71. The van der Waals surface area contributed by atoms with E-state index in [9.17, 15) is 14.7 Å². The summed E-state index contributed by atoms with van der Waals surface area (Å²) in [6.07, 6.45) is 0.0308. The maximum Gasteiger partial charge on any atom is 0.326 e.